The third-order valence-corrected chi connectivity index (χ3v) is 9.73. The minimum absolute atomic E-state index is 0.822. The van der Waals surface area contributed by atoms with E-state index in [2.05, 4.69) is 19.6 Å². The molecular weight excluding hydrogens is 408 g/mol. The summed E-state index contributed by atoms with van der Waals surface area (Å²) in [5.41, 5.74) is 10.7. The van der Waals surface area contributed by atoms with Crippen molar-refractivity contribution in [1.29, 1.82) is 0 Å². The highest BCUT2D eigenvalue weighted by atomic mass is 28.4. The molecule has 0 aliphatic carbocycles. The largest absolute Gasteiger partial charge is 0.500 e. The van der Waals surface area contributed by atoms with Gasteiger partial charge < -0.3 is 38.0 Å². The first-order valence-electron chi connectivity index (χ1n) is 9.57. The van der Waals surface area contributed by atoms with Gasteiger partial charge in [0, 0.05) is 60.4 Å². The fourth-order valence-electron chi connectivity index (χ4n) is 2.18. The van der Waals surface area contributed by atoms with Gasteiger partial charge in [-0.1, -0.05) is 44.9 Å². The average molecular weight is 453 g/mol. The van der Waals surface area contributed by atoms with E-state index >= 15 is 0 Å². The summed E-state index contributed by atoms with van der Waals surface area (Å²) in [5, 5.41) is 0. The van der Waals surface area contributed by atoms with E-state index in [1.165, 1.54) is 7.05 Å². The molecule has 10 heteroatoms. The minimum atomic E-state index is -2.22. The van der Waals surface area contributed by atoms with Crippen molar-refractivity contribution in [2.75, 3.05) is 55.4 Å². The Hall–Kier alpha value is -0.826. The van der Waals surface area contributed by atoms with E-state index in [-0.39, 0.29) is 0 Å². The molecule has 0 saturated carbocycles. The summed E-state index contributed by atoms with van der Waals surface area (Å²) in [6.45, 7) is 4.16. The number of para-hydroxylation sites is 1. The zero-order valence-electron chi connectivity index (χ0n) is 19.8. The Labute approximate surface area is 180 Å². The molecule has 0 fully saturated rings. The highest BCUT2D eigenvalue weighted by Gasteiger charge is 2.36. The Balaban J connectivity index is -0.000000339. The quantitative estimate of drug-likeness (QED) is 0.411. The van der Waals surface area contributed by atoms with E-state index in [4.69, 9.17) is 32.3 Å². The van der Waals surface area contributed by atoms with Crippen LogP contribution in [0.2, 0.25) is 12.1 Å². The van der Waals surface area contributed by atoms with Gasteiger partial charge in [-0.05, 0) is 19.2 Å². The van der Waals surface area contributed by atoms with Crippen LogP contribution in [0.25, 0.3) is 0 Å². The molecule has 4 N–H and O–H groups in total. The van der Waals surface area contributed by atoms with E-state index in [0.29, 0.717) is 0 Å². The number of benzene rings is 1. The second-order valence-electron chi connectivity index (χ2n) is 5.50. The third-order valence-electron chi connectivity index (χ3n) is 3.78. The summed E-state index contributed by atoms with van der Waals surface area (Å²) in [5.74, 6) is 0. The fraction of sp³-hybridized carbons (Fsp3) is 0.684. The van der Waals surface area contributed by atoms with Gasteiger partial charge in [-0.15, -0.1) is 0 Å². The molecule has 0 spiro atoms. The molecule has 0 saturated heterocycles. The third kappa shape index (κ3) is 15.6. The lowest BCUT2D eigenvalue weighted by Gasteiger charge is -2.23. The van der Waals surface area contributed by atoms with Gasteiger partial charge in [-0.2, -0.15) is 0 Å². The summed E-state index contributed by atoms with van der Waals surface area (Å²) < 4.78 is 31.0. The van der Waals surface area contributed by atoms with Crippen molar-refractivity contribution >= 4 is 23.3 Å². The van der Waals surface area contributed by atoms with Crippen molar-refractivity contribution < 1.29 is 26.6 Å². The number of nitrogen functional groups attached to an aromatic ring is 1. The van der Waals surface area contributed by atoms with Crippen molar-refractivity contribution in [3.05, 3.63) is 30.3 Å². The van der Waals surface area contributed by atoms with Crippen LogP contribution >= 0.6 is 0 Å². The van der Waals surface area contributed by atoms with Gasteiger partial charge in [0.05, 0.1) is 0 Å². The normalized spacial score (nSPS) is 10.6. The van der Waals surface area contributed by atoms with Crippen LogP contribution < -0.4 is 11.5 Å². The summed E-state index contributed by atoms with van der Waals surface area (Å²) in [6, 6.07) is 11.3. The number of nitrogens with two attached hydrogens (primary N) is 2. The van der Waals surface area contributed by atoms with Crippen LogP contribution in [0.15, 0.2) is 30.3 Å². The Kier molecular flexibility index (Phi) is 24.8. The number of hydrogen-bond donors (Lipinski definition) is 2. The number of anilines is 1. The highest BCUT2D eigenvalue weighted by molar-refractivity contribution is 6.60. The second-order valence-corrected chi connectivity index (χ2v) is 11.7. The van der Waals surface area contributed by atoms with Crippen LogP contribution in [0.1, 0.15) is 26.7 Å². The minimum Gasteiger partial charge on any atom is -0.399 e. The molecule has 1 aromatic rings. The second kappa shape index (κ2) is 21.9. The Morgan fingerprint density at radius 1 is 0.621 bits per heavy atom. The monoisotopic (exact) mass is 452 g/mol. The summed E-state index contributed by atoms with van der Waals surface area (Å²) >= 11 is 0. The molecule has 0 bridgehead atoms. The average Bonchev–Trinajstić information content (AvgIpc) is 2.79. The molecule has 1 aromatic carbocycles. The standard InChI is InChI=1S/C6H7N.2C6H16O3Si.CH5N/c7-6-4-2-1-3-5-6;2*1-5-6-10(7-2,8-3)9-4;1-2/h1-5H,7H2;2*5-6H2,1-4H3;2H2,1H3. The molecule has 174 valence electrons. The van der Waals surface area contributed by atoms with Gasteiger partial charge in [0.2, 0.25) is 0 Å². The van der Waals surface area contributed by atoms with E-state index in [0.717, 1.165) is 30.6 Å². The zero-order valence-corrected chi connectivity index (χ0v) is 21.8. The van der Waals surface area contributed by atoms with E-state index in [1.54, 1.807) is 42.7 Å². The Morgan fingerprint density at radius 2 is 0.897 bits per heavy atom. The first-order chi connectivity index (χ1) is 13.9. The molecule has 0 unspecified atom stereocenters. The lowest BCUT2D eigenvalue weighted by atomic mass is 10.3. The number of hydrogen-bond acceptors (Lipinski definition) is 8. The van der Waals surface area contributed by atoms with Crippen molar-refractivity contribution in [3.8, 4) is 0 Å². The van der Waals surface area contributed by atoms with Gasteiger partial charge in [-0.25, -0.2) is 0 Å². The molecule has 0 heterocycles. The van der Waals surface area contributed by atoms with Crippen molar-refractivity contribution in [2.45, 2.75) is 38.8 Å². The van der Waals surface area contributed by atoms with Gasteiger partial charge in [0.15, 0.2) is 0 Å². The topological polar surface area (TPSA) is 107 Å². The van der Waals surface area contributed by atoms with Crippen molar-refractivity contribution in [3.63, 3.8) is 0 Å². The van der Waals surface area contributed by atoms with Crippen LogP contribution in [-0.4, -0.2) is 67.3 Å². The predicted molar refractivity (Wildman–Crippen MR) is 125 cm³/mol. The SMILES string of the molecule is CCC[Si](OC)(OC)OC.CCC[Si](OC)(OC)OC.CN.Nc1ccccc1. The fourth-order valence-corrected chi connectivity index (χ4v) is 5.63. The maximum atomic E-state index is 5.36. The molecule has 1 rings (SSSR count). The lowest BCUT2D eigenvalue weighted by Crippen LogP contribution is -2.42. The number of rotatable bonds is 10. The molecule has 29 heavy (non-hydrogen) atoms. The van der Waals surface area contributed by atoms with Crippen molar-refractivity contribution in [1.82, 2.24) is 0 Å². The molecular formula is C19H44N2O6Si2. The van der Waals surface area contributed by atoms with Gasteiger partial charge >= 0.3 is 17.6 Å². The van der Waals surface area contributed by atoms with Crippen LogP contribution in [0, 0.1) is 0 Å². The van der Waals surface area contributed by atoms with Gasteiger partial charge in [0.25, 0.3) is 0 Å². The smallest absolute Gasteiger partial charge is 0.399 e. The first kappa shape index (κ1) is 32.8. The molecule has 0 atom stereocenters. The zero-order chi connectivity index (χ0) is 23.2. The molecule has 0 amide bonds. The molecule has 0 aliphatic heterocycles. The van der Waals surface area contributed by atoms with E-state index in [9.17, 15) is 0 Å². The first-order valence-corrected chi connectivity index (χ1v) is 13.4. The molecule has 8 nitrogen and oxygen atoms in total. The Morgan fingerprint density at radius 3 is 1.00 bits per heavy atom. The van der Waals surface area contributed by atoms with Gasteiger partial charge in [-0.3, -0.25) is 0 Å². The van der Waals surface area contributed by atoms with E-state index in [1.807, 2.05) is 30.3 Å². The molecule has 0 radical (unpaired) electrons. The van der Waals surface area contributed by atoms with E-state index < -0.39 is 17.6 Å². The predicted octanol–water partition coefficient (Wildman–Crippen LogP) is 3.39. The molecule has 0 aromatic heterocycles. The van der Waals surface area contributed by atoms with Crippen LogP contribution in [0.4, 0.5) is 5.69 Å². The summed E-state index contributed by atoms with van der Waals surface area (Å²) in [6.07, 6.45) is 2.06. The van der Waals surface area contributed by atoms with Gasteiger partial charge in [0.1, 0.15) is 0 Å². The maximum absolute atomic E-state index is 5.36. The van der Waals surface area contributed by atoms with Crippen LogP contribution in [-0.2, 0) is 26.6 Å². The van der Waals surface area contributed by atoms with Crippen LogP contribution in [0.5, 0.6) is 0 Å². The lowest BCUT2D eigenvalue weighted by molar-refractivity contribution is 0.123. The molecule has 0 aliphatic rings. The highest BCUT2D eigenvalue weighted by Crippen LogP contribution is 2.14. The maximum Gasteiger partial charge on any atom is 0.500 e. The van der Waals surface area contributed by atoms with Crippen LogP contribution in [0.3, 0.4) is 0 Å². The summed E-state index contributed by atoms with van der Waals surface area (Å²) in [4.78, 5) is 0. The Bertz CT molecular complexity index is 397. The summed E-state index contributed by atoms with van der Waals surface area (Å²) in [7, 11) is 6.87. The van der Waals surface area contributed by atoms with Crippen molar-refractivity contribution in [2.24, 2.45) is 5.73 Å².